The molecule has 110 valence electrons. The molecule has 0 radical (unpaired) electrons. The third-order valence-corrected chi connectivity index (χ3v) is 4.50. The van der Waals surface area contributed by atoms with Crippen molar-refractivity contribution in [1.29, 1.82) is 0 Å². The summed E-state index contributed by atoms with van der Waals surface area (Å²) in [5.41, 5.74) is 0.628. The third-order valence-electron chi connectivity index (χ3n) is 3.75. The lowest BCUT2D eigenvalue weighted by molar-refractivity contribution is -0.657. The van der Waals surface area contributed by atoms with E-state index in [9.17, 15) is 4.79 Å². The molecule has 1 fully saturated rings. The molecule has 5 heteroatoms. The standard InChI is InChI=1S/C15H19Br2NO2/c16-13(17)14(19)20-15(12-6-2-1-3-7-12)8-4-10-18-11-5-9-15/h1-3,6-7,13,18H,4-5,8-11H2/p+1. The highest BCUT2D eigenvalue weighted by atomic mass is 79.9. The SMILES string of the molecule is O=C(OC1(c2ccccc2)CCC[NH2+]CCC1)C(Br)Br. The molecule has 0 amide bonds. The van der Waals surface area contributed by atoms with E-state index in [0.717, 1.165) is 44.3 Å². The lowest BCUT2D eigenvalue weighted by Gasteiger charge is -2.35. The van der Waals surface area contributed by atoms with E-state index in [2.05, 4.69) is 49.3 Å². The van der Waals surface area contributed by atoms with Gasteiger partial charge in [0.05, 0.1) is 13.1 Å². The van der Waals surface area contributed by atoms with Crippen LogP contribution in [0.4, 0.5) is 0 Å². The first-order chi connectivity index (χ1) is 9.64. The van der Waals surface area contributed by atoms with Crippen molar-refractivity contribution in [3.05, 3.63) is 35.9 Å². The lowest BCUT2D eigenvalue weighted by Crippen LogP contribution is -2.84. The first kappa shape index (κ1) is 16.0. The van der Waals surface area contributed by atoms with Gasteiger partial charge in [-0.1, -0.05) is 62.2 Å². The Morgan fingerprint density at radius 3 is 2.30 bits per heavy atom. The quantitative estimate of drug-likeness (QED) is 0.620. The molecule has 1 aromatic rings. The molecule has 2 N–H and O–H groups in total. The topological polar surface area (TPSA) is 42.9 Å². The number of benzene rings is 1. The Morgan fingerprint density at radius 1 is 1.15 bits per heavy atom. The molecule has 1 aromatic carbocycles. The molecule has 20 heavy (non-hydrogen) atoms. The summed E-state index contributed by atoms with van der Waals surface area (Å²) in [6, 6.07) is 10.1. The lowest BCUT2D eigenvalue weighted by atomic mass is 9.83. The van der Waals surface area contributed by atoms with Gasteiger partial charge in [-0.05, 0) is 18.4 Å². The van der Waals surface area contributed by atoms with Crippen molar-refractivity contribution in [3.8, 4) is 0 Å². The zero-order valence-electron chi connectivity index (χ0n) is 11.4. The van der Waals surface area contributed by atoms with Gasteiger partial charge < -0.3 is 10.1 Å². The van der Waals surface area contributed by atoms with Crippen LogP contribution in [0.15, 0.2) is 30.3 Å². The van der Waals surface area contributed by atoms with Crippen LogP contribution in [0.1, 0.15) is 31.2 Å². The van der Waals surface area contributed by atoms with Gasteiger partial charge in [-0.15, -0.1) is 0 Å². The first-order valence-corrected chi connectivity index (χ1v) is 8.85. The molecule has 0 spiro atoms. The van der Waals surface area contributed by atoms with Gasteiger partial charge in [-0.2, -0.15) is 0 Å². The van der Waals surface area contributed by atoms with Gasteiger partial charge in [0.25, 0.3) is 0 Å². The Kier molecular flexibility index (Phi) is 6.05. The molecular formula is C15H20Br2NO2+. The van der Waals surface area contributed by atoms with Crippen molar-refractivity contribution in [1.82, 2.24) is 0 Å². The van der Waals surface area contributed by atoms with E-state index in [1.165, 1.54) is 0 Å². The number of quaternary nitrogens is 1. The number of halogens is 2. The number of hydrogen-bond donors (Lipinski definition) is 1. The fraction of sp³-hybridized carbons (Fsp3) is 0.533. The second-order valence-electron chi connectivity index (χ2n) is 5.16. The van der Waals surface area contributed by atoms with Crippen molar-refractivity contribution < 1.29 is 14.8 Å². The Bertz CT molecular complexity index is 429. The molecule has 0 aliphatic carbocycles. The predicted molar refractivity (Wildman–Crippen MR) is 86.0 cm³/mol. The van der Waals surface area contributed by atoms with Gasteiger partial charge in [0.2, 0.25) is 0 Å². The molecule has 0 aromatic heterocycles. The summed E-state index contributed by atoms with van der Waals surface area (Å²) in [6.45, 7) is 2.19. The normalized spacial score (nSPS) is 19.1. The largest absolute Gasteiger partial charge is 0.453 e. The molecular weight excluding hydrogens is 386 g/mol. The molecule has 0 unspecified atom stereocenters. The highest BCUT2D eigenvalue weighted by molar-refractivity contribution is 9.25. The van der Waals surface area contributed by atoms with Gasteiger partial charge in [-0.25, -0.2) is 4.79 Å². The Hall–Kier alpha value is -0.390. The van der Waals surface area contributed by atoms with E-state index in [-0.39, 0.29) is 5.97 Å². The van der Waals surface area contributed by atoms with Crippen LogP contribution < -0.4 is 5.32 Å². The van der Waals surface area contributed by atoms with Crippen LogP contribution in [-0.4, -0.2) is 22.8 Å². The summed E-state index contributed by atoms with van der Waals surface area (Å²) in [4.78, 5) is 12.1. The second kappa shape index (κ2) is 7.57. The van der Waals surface area contributed by atoms with Crippen molar-refractivity contribution in [2.45, 2.75) is 35.0 Å². The van der Waals surface area contributed by atoms with E-state index in [1.807, 2.05) is 18.2 Å². The molecule has 1 saturated heterocycles. The molecule has 2 rings (SSSR count). The molecule has 1 aliphatic rings. The van der Waals surface area contributed by atoms with Crippen molar-refractivity contribution in [3.63, 3.8) is 0 Å². The van der Waals surface area contributed by atoms with E-state index in [0.29, 0.717) is 0 Å². The van der Waals surface area contributed by atoms with Gasteiger partial charge in [0, 0.05) is 12.8 Å². The summed E-state index contributed by atoms with van der Waals surface area (Å²) in [7, 11) is 0. The first-order valence-electron chi connectivity index (χ1n) is 7.02. The maximum Gasteiger partial charge on any atom is 0.331 e. The zero-order chi connectivity index (χ0) is 14.4. The van der Waals surface area contributed by atoms with Crippen LogP contribution in [0.25, 0.3) is 0 Å². The van der Waals surface area contributed by atoms with E-state index >= 15 is 0 Å². The summed E-state index contributed by atoms with van der Waals surface area (Å²) in [6.07, 6.45) is 3.87. The minimum Gasteiger partial charge on any atom is -0.453 e. The molecule has 1 heterocycles. The van der Waals surface area contributed by atoms with Gasteiger partial charge >= 0.3 is 5.97 Å². The predicted octanol–water partition coefficient (Wildman–Crippen LogP) is 2.68. The minimum atomic E-state index is -0.480. The van der Waals surface area contributed by atoms with Crippen molar-refractivity contribution in [2.75, 3.05) is 13.1 Å². The van der Waals surface area contributed by atoms with Crippen LogP contribution in [0.3, 0.4) is 0 Å². The number of hydrogen-bond acceptors (Lipinski definition) is 2. The molecule has 0 atom stereocenters. The monoisotopic (exact) mass is 404 g/mol. The van der Waals surface area contributed by atoms with Crippen LogP contribution >= 0.6 is 31.9 Å². The molecule has 0 bridgehead atoms. The minimum absolute atomic E-state index is 0.251. The Labute approximate surface area is 136 Å². The average Bonchev–Trinajstić information content (AvgIpc) is 2.42. The smallest absolute Gasteiger partial charge is 0.331 e. The van der Waals surface area contributed by atoms with Crippen LogP contribution in [0.2, 0.25) is 0 Å². The number of esters is 1. The van der Waals surface area contributed by atoms with E-state index in [4.69, 9.17) is 4.74 Å². The number of carbonyl (C=O) groups excluding carboxylic acids is 1. The van der Waals surface area contributed by atoms with Gasteiger partial charge in [-0.3, -0.25) is 0 Å². The van der Waals surface area contributed by atoms with Crippen molar-refractivity contribution >= 4 is 37.8 Å². The fourth-order valence-corrected chi connectivity index (χ4v) is 2.95. The zero-order valence-corrected chi connectivity index (χ0v) is 14.5. The Morgan fingerprint density at radius 2 is 1.75 bits per heavy atom. The molecule has 1 aliphatic heterocycles. The second-order valence-corrected chi connectivity index (χ2v) is 8.22. The number of carbonyl (C=O) groups is 1. The molecule has 3 nitrogen and oxygen atoms in total. The highest BCUT2D eigenvalue weighted by Crippen LogP contribution is 2.37. The van der Waals surface area contributed by atoms with E-state index < -0.39 is 9.34 Å². The third kappa shape index (κ3) is 4.06. The summed E-state index contributed by atoms with van der Waals surface area (Å²) in [5, 5.41) is 2.34. The number of nitrogens with two attached hydrogens (primary N) is 1. The van der Waals surface area contributed by atoms with Gasteiger partial charge in [0.15, 0.2) is 3.74 Å². The summed E-state index contributed by atoms with van der Waals surface area (Å²) < 4.78 is 5.46. The average molecular weight is 406 g/mol. The van der Waals surface area contributed by atoms with E-state index in [1.54, 1.807) is 0 Å². The maximum absolute atomic E-state index is 12.1. The molecule has 0 saturated carbocycles. The van der Waals surface area contributed by atoms with Crippen LogP contribution in [-0.2, 0) is 15.1 Å². The number of ether oxygens (including phenoxy) is 1. The highest BCUT2D eigenvalue weighted by Gasteiger charge is 2.37. The van der Waals surface area contributed by atoms with Crippen LogP contribution in [0, 0.1) is 0 Å². The number of alkyl halides is 2. The summed E-state index contributed by atoms with van der Waals surface area (Å²) >= 11 is 6.47. The summed E-state index contributed by atoms with van der Waals surface area (Å²) in [5.74, 6) is -0.251. The van der Waals surface area contributed by atoms with Crippen LogP contribution in [0.5, 0.6) is 0 Å². The Balaban J connectivity index is 2.28. The maximum atomic E-state index is 12.1. The fourth-order valence-electron chi connectivity index (χ4n) is 2.76. The van der Waals surface area contributed by atoms with Gasteiger partial charge in [0.1, 0.15) is 5.60 Å². The number of rotatable bonds is 3. The van der Waals surface area contributed by atoms with Crippen molar-refractivity contribution in [2.24, 2.45) is 0 Å².